The first-order chi connectivity index (χ1) is 12.8. The van der Waals surface area contributed by atoms with Crippen LogP contribution in [0.4, 0.5) is 0 Å². The molecule has 0 bridgehead atoms. The van der Waals surface area contributed by atoms with Crippen molar-refractivity contribution >= 4 is 11.9 Å². The maximum absolute atomic E-state index is 12.6. The molecular weight excluding hydrogens is 340 g/mol. The molecule has 0 unspecified atom stereocenters. The van der Waals surface area contributed by atoms with Crippen LogP contribution in [-0.4, -0.2) is 25.7 Å². The van der Waals surface area contributed by atoms with Crippen molar-refractivity contribution in [2.75, 3.05) is 13.7 Å². The van der Waals surface area contributed by atoms with Gasteiger partial charge in [-0.25, -0.2) is 0 Å². The van der Waals surface area contributed by atoms with Gasteiger partial charge in [0.2, 0.25) is 0 Å². The Hall–Kier alpha value is -2.10. The summed E-state index contributed by atoms with van der Waals surface area (Å²) in [5, 5.41) is 0. The van der Waals surface area contributed by atoms with E-state index in [0.717, 1.165) is 43.3 Å². The third-order valence-corrected chi connectivity index (χ3v) is 4.93. The zero-order chi connectivity index (χ0) is 20.4. The Morgan fingerprint density at radius 1 is 1.22 bits per heavy atom. The van der Waals surface area contributed by atoms with Crippen LogP contribution < -0.4 is 0 Å². The number of hydrogen-bond donors (Lipinski definition) is 0. The van der Waals surface area contributed by atoms with Gasteiger partial charge in [-0.1, -0.05) is 41.5 Å². The summed E-state index contributed by atoms with van der Waals surface area (Å²) in [6.45, 7) is 12.0. The second-order valence-corrected chi connectivity index (χ2v) is 7.47. The molecule has 0 radical (unpaired) electrons. The van der Waals surface area contributed by atoms with E-state index in [4.69, 9.17) is 9.47 Å². The predicted molar refractivity (Wildman–Crippen MR) is 109 cm³/mol. The smallest absolute Gasteiger partial charge is 0.313 e. The van der Waals surface area contributed by atoms with E-state index in [-0.39, 0.29) is 24.5 Å². The number of carbonyl (C=O) groups is 2. The normalized spacial score (nSPS) is 23.2. The van der Waals surface area contributed by atoms with E-state index < -0.39 is 5.92 Å². The van der Waals surface area contributed by atoms with Gasteiger partial charge in [0.05, 0.1) is 13.0 Å². The van der Waals surface area contributed by atoms with Gasteiger partial charge in [-0.3, -0.25) is 9.59 Å². The number of ether oxygens (including phenoxy) is 2. The Bertz CT molecular complexity index is 633. The van der Waals surface area contributed by atoms with Crippen LogP contribution in [0.5, 0.6) is 0 Å². The van der Waals surface area contributed by atoms with Crippen molar-refractivity contribution in [3.05, 3.63) is 47.1 Å². The highest BCUT2D eigenvalue weighted by atomic mass is 16.5. The van der Waals surface area contributed by atoms with Crippen LogP contribution in [0.1, 0.15) is 59.8 Å². The molecule has 0 amide bonds. The van der Waals surface area contributed by atoms with Gasteiger partial charge in [-0.2, -0.15) is 0 Å². The Kier molecular flexibility index (Phi) is 9.84. The molecule has 1 aliphatic rings. The zero-order valence-electron chi connectivity index (χ0n) is 17.5. The van der Waals surface area contributed by atoms with E-state index in [2.05, 4.69) is 31.7 Å². The second-order valence-electron chi connectivity index (χ2n) is 7.47. The molecule has 0 aromatic heterocycles. The van der Waals surface area contributed by atoms with Crippen LogP contribution >= 0.6 is 0 Å². The second kappa shape index (κ2) is 11.6. The molecule has 0 saturated heterocycles. The van der Waals surface area contributed by atoms with E-state index in [1.165, 1.54) is 25.2 Å². The molecule has 0 heterocycles. The molecule has 27 heavy (non-hydrogen) atoms. The molecule has 0 N–H and O–H groups in total. The van der Waals surface area contributed by atoms with Gasteiger partial charge in [0, 0.05) is 12.8 Å². The van der Waals surface area contributed by atoms with Crippen molar-refractivity contribution in [2.24, 2.45) is 11.8 Å². The molecule has 4 nitrogen and oxygen atoms in total. The van der Waals surface area contributed by atoms with Gasteiger partial charge in [0.25, 0.3) is 0 Å². The van der Waals surface area contributed by atoms with E-state index in [9.17, 15) is 9.59 Å². The molecule has 150 valence electrons. The average Bonchev–Trinajstić information content (AvgIpc) is 2.66. The molecule has 0 fully saturated rings. The molecular formula is C23H34O4. The van der Waals surface area contributed by atoms with Crippen molar-refractivity contribution in [3.63, 3.8) is 0 Å². The maximum atomic E-state index is 12.6. The number of rotatable bonds is 6. The Labute approximate surface area is 164 Å². The van der Waals surface area contributed by atoms with E-state index in [1.54, 1.807) is 0 Å². The molecule has 0 aromatic carbocycles. The maximum Gasteiger partial charge on any atom is 0.313 e. The minimum absolute atomic E-state index is 0.0867. The van der Waals surface area contributed by atoms with Crippen molar-refractivity contribution in [2.45, 2.75) is 59.8 Å². The summed E-state index contributed by atoms with van der Waals surface area (Å²) < 4.78 is 10.4. The number of esters is 2. The quantitative estimate of drug-likeness (QED) is 0.467. The minimum Gasteiger partial charge on any atom is -0.469 e. The van der Waals surface area contributed by atoms with Gasteiger partial charge >= 0.3 is 11.9 Å². The van der Waals surface area contributed by atoms with Crippen molar-refractivity contribution in [1.82, 2.24) is 0 Å². The third-order valence-electron chi connectivity index (χ3n) is 4.93. The summed E-state index contributed by atoms with van der Waals surface area (Å²) in [6.07, 6.45) is 10.5. The lowest BCUT2D eigenvalue weighted by atomic mass is 9.77. The van der Waals surface area contributed by atoms with E-state index in [0.29, 0.717) is 0 Å². The van der Waals surface area contributed by atoms with Crippen LogP contribution in [-0.2, 0) is 19.1 Å². The molecule has 2 atom stereocenters. The summed E-state index contributed by atoms with van der Waals surface area (Å²) >= 11 is 0. The molecule has 1 aliphatic carbocycles. The molecule has 0 aromatic rings. The van der Waals surface area contributed by atoms with Crippen molar-refractivity contribution in [1.29, 1.82) is 0 Å². The molecule has 4 heteroatoms. The van der Waals surface area contributed by atoms with Gasteiger partial charge in [0.1, 0.15) is 6.61 Å². The number of hydrogen-bond acceptors (Lipinski definition) is 4. The van der Waals surface area contributed by atoms with Crippen molar-refractivity contribution in [3.8, 4) is 0 Å². The summed E-state index contributed by atoms with van der Waals surface area (Å²) in [6, 6.07) is 0. The predicted octanol–water partition coefficient (Wildman–Crippen LogP) is 5.31. The van der Waals surface area contributed by atoms with Crippen molar-refractivity contribution < 1.29 is 19.1 Å². The lowest BCUT2D eigenvalue weighted by Crippen LogP contribution is -2.30. The van der Waals surface area contributed by atoms with Crippen LogP contribution in [0.15, 0.2) is 47.1 Å². The summed E-state index contributed by atoms with van der Waals surface area (Å²) in [4.78, 5) is 24.0. The summed E-state index contributed by atoms with van der Waals surface area (Å²) in [7, 11) is 1.42. The Balaban J connectivity index is 3.29. The number of carbonyl (C=O) groups excluding carboxylic acids is 2. The monoisotopic (exact) mass is 374 g/mol. The standard InChI is InChI=1S/C23H34O4/c1-16(2)9-7-12-20(15-27-19(5)24)21-14-13-17(3)10-8-11-18(4)22(21)23(25)26-6/h9-10,12,21-22H,4,7-8,11,13-15H2,1-3,5-6H3/b17-10-,20-12-/t21-,22+/m1/s1. The first-order valence-corrected chi connectivity index (χ1v) is 9.63. The fourth-order valence-corrected chi connectivity index (χ4v) is 3.40. The topological polar surface area (TPSA) is 52.6 Å². The van der Waals surface area contributed by atoms with Crippen LogP contribution in [0.25, 0.3) is 0 Å². The van der Waals surface area contributed by atoms with Crippen LogP contribution in [0.2, 0.25) is 0 Å². The fraction of sp³-hybridized carbons (Fsp3) is 0.565. The number of methoxy groups -OCH3 is 1. The highest BCUT2D eigenvalue weighted by molar-refractivity contribution is 5.76. The lowest BCUT2D eigenvalue weighted by molar-refractivity contribution is -0.145. The summed E-state index contributed by atoms with van der Waals surface area (Å²) in [5.74, 6) is -1.09. The Morgan fingerprint density at radius 3 is 2.52 bits per heavy atom. The molecule has 0 spiro atoms. The minimum atomic E-state index is -0.414. The molecule has 0 saturated carbocycles. The summed E-state index contributed by atoms with van der Waals surface area (Å²) in [5.41, 5.74) is 4.39. The SMILES string of the molecule is C=C1CC/C=C(/C)CC[C@H](/C(=C\CC=C(C)C)COC(C)=O)[C@H]1C(=O)OC. The highest BCUT2D eigenvalue weighted by Crippen LogP contribution is 2.36. The Morgan fingerprint density at radius 2 is 1.93 bits per heavy atom. The fourth-order valence-electron chi connectivity index (χ4n) is 3.40. The third kappa shape index (κ3) is 7.98. The van der Waals surface area contributed by atoms with Gasteiger partial charge < -0.3 is 9.47 Å². The molecule has 0 aliphatic heterocycles. The van der Waals surface area contributed by atoms with Gasteiger partial charge in [-0.05, 0) is 58.4 Å². The first kappa shape index (κ1) is 22.9. The zero-order valence-corrected chi connectivity index (χ0v) is 17.5. The van der Waals surface area contributed by atoms with Crippen LogP contribution in [0, 0.1) is 11.8 Å². The van der Waals surface area contributed by atoms with Gasteiger partial charge in [-0.15, -0.1) is 0 Å². The highest BCUT2D eigenvalue weighted by Gasteiger charge is 2.34. The van der Waals surface area contributed by atoms with Crippen LogP contribution in [0.3, 0.4) is 0 Å². The van der Waals surface area contributed by atoms with Gasteiger partial charge in [0.15, 0.2) is 0 Å². The lowest BCUT2D eigenvalue weighted by Gasteiger charge is -2.29. The average molecular weight is 375 g/mol. The first-order valence-electron chi connectivity index (χ1n) is 9.63. The largest absolute Gasteiger partial charge is 0.469 e. The molecule has 1 rings (SSSR count). The van der Waals surface area contributed by atoms with E-state index >= 15 is 0 Å². The van der Waals surface area contributed by atoms with E-state index in [1.807, 2.05) is 13.8 Å². The number of allylic oxidation sites excluding steroid dienone is 5.